The summed E-state index contributed by atoms with van der Waals surface area (Å²) in [5.41, 5.74) is 2.73. The number of hydrogen-bond donors (Lipinski definition) is 0. The summed E-state index contributed by atoms with van der Waals surface area (Å²) in [5.74, 6) is 1.20. The van der Waals surface area contributed by atoms with E-state index in [-0.39, 0.29) is 5.91 Å². The average molecular weight is 324 g/mol. The molecule has 1 aliphatic rings. The molecule has 126 valence electrons. The standard InChI is InChI=1S/C19H24N4O/c1-14-12-22(4)16-7-5-6-8-17(16)23(13-14)19(24)15-9-10-20-18(11-15)21(2)3/h5-11,14H,12-13H2,1-4H3. The predicted octanol–water partition coefficient (Wildman–Crippen LogP) is 2.88. The van der Waals surface area contributed by atoms with Crippen LogP contribution in [-0.2, 0) is 0 Å². The number of fused-ring (bicyclic) bond motifs is 1. The summed E-state index contributed by atoms with van der Waals surface area (Å²) in [5, 5.41) is 0. The van der Waals surface area contributed by atoms with Crippen molar-refractivity contribution in [2.75, 3.05) is 48.9 Å². The summed E-state index contributed by atoms with van der Waals surface area (Å²) in [6, 6.07) is 11.7. The SMILES string of the molecule is CC1CN(C)c2ccccc2N(C(=O)c2ccnc(N(C)C)c2)C1. The van der Waals surface area contributed by atoms with Gasteiger partial charge in [-0.2, -0.15) is 0 Å². The number of carbonyl (C=O) groups excluding carboxylic acids is 1. The summed E-state index contributed by atoms with van der Waals surface area (Å²) >= 11 is 0. The lowest BCUT2D eigenvalue weighted by molar-refractivity contribution is 0.0984. The van der Waals surface area contributed by atoms with Crippen LogP contribution in [0, 0.1) is 5.92 Å². The zero-order chi connectivity index (χ0) is 17.3. The van der Waals surface area contributed by atoms with Gasteiger partial charge in [0, 0.05) is 46.0 Å². The van der Waals surface area contributed by atoms with Crippen molar-refractivity contribution in [1.29, 1.82) is 0 Å². The smallest absolute Gasteiger partial charge is 0.258 e. The molecule has 0 radical (unpaired) electrons. The third-order valence-electron chi connectivity index (χ3n) is 4.36. The van der Waals surface area contributed by atoms with Crippen LogP contribution < -0.4 is 14.7 Å². The van der Waals surface area contributed by atoms with Gasteiger partial charge in [0.2, 0.25) is 0 Å². The van der Waals surface area contributed by atoms with Gasteiger partial charge in [0.15, 0.2) is 0 Å². The maximum Gasteiger partial charge on any atom is 0.258 e. The molecule has 1 aromatic heterocycles. The minimum Gasteiger partial charge on any atom is -0.373 e. The van der Waals surface area contributed by atoms with Crippen LogP contribution in [0.1, 0.15) is 17.3 Å². The Morgan fingerprint density at radius 1 is 1.17 bits per heavy atom. The molecule has 5 heteroatoms. The van der Waals surface area contributed by atoms with Gasteiger partial charge in [0.25, 0.3) is 5.91 Å². The van der Waals surface area contributed by atoms with Crippen molar-refractivity contribution in [3.63, 3.8) is 0 Å². The summed E-state index contributed by atoms with van der Waals surface area (Å²) < 4.78 is 0. The normalized spacial score (nSPS) is 17.2. The van der Waals surface area contributed by atoms with Crippen LogP contribution in [0.25, 0.3) is 0 Å². The summed E-state index contributed by atoms with van der Waals surface area (Å²) in [6.07, 6.45) is 1.70. The number of benzene rings is 1. The fourth-order valence-electron chi connectivity index (χ4n) is 3.19. The van der Waals surface area contributed by atoms with E-state index in [4.69, 9.17) is 0 Å². The Balaban J connectivity index is 2.02. The van der Waals surface area contributed by atoms with Gasteiger partial charge in [-0.05, 0) is 30.2 Å². The number of pyridine rings is 1. The molecule has 5 nitrogen and oxygen atoms in total. The van der Waals surface area contributed by atoms with E-state index in [1.54, 1.807) is 12.3 Å². The van der Waals surface area contributed by atoms with E-state index >= 15 is 0 Å². The first-order valence-corrected chi connectivity index (χ1v) is 8.23. The number of nitrogens with zero attached hydrogens (tertiary/aromatic N) is 4. The van der Waals surface area contributed by atoms with Gasteiger partial charge >= 0.3 is 0 Å². The van der Waals surface area contributed by atoms with Crippen LogP contribution in [0.5, 0.6) is 0 Å². The number of para-hydroxylation sites is 2. The topological polar surface area (TPSA) is 39.7 Å². The first kappa shape index (κ1) is 16.3. The first-order valence-electron chi connectivity index (χ1n) is 8.23. The molecule has 0 bridgehead atoms. The van der Waals surface area contributed by atoms with Crippen LogP contribution in [0.3, 0.4) is 0 Å². The molecule has 0 aliphatic carbocycles. The Hall–Kier alpha value is -2.56. The quantitative estimate of drug-likeness (QED) is 0.851. The molecule has 0 N–H and O–H groups in total. The van der Waals surface area contributed by atoms with Gasteiger partial charge in [-0.25, -0.2) is 4.98 Å². The molecule has 1 amide bonds. The van der Waals surface area contributed by atoms with Crippen LogP contribution in [0.15, 0.2) is 42.6 Å². The highest BCUT2D eigenvalue weighted by atomic mass is 16.2. The molecule has 1 aliphatic heterocycles. The van der Waals surface area contributed by atoms with Crippen LogP contribution in [0.4, 0.5) is 17.2 Å². The maximum atomic E-state index is 13.2. The van der Waals surface area contributed by atoms with Gasteiger partial charge in [0.1, 0.15) is 5.82 Å². The minimum atomic E-state index is 0.0232. The third-order valence-corrected chi connectivity index (χ3v) is 4.36. The summed E-state index contributed by atoms with van der Waals surface area (Å²) in [4.78, 5) is 23.5. The molecule has 0 saturated carbocycles. The second-order valence-electron chi connectivity index (χ2n) is 6.69. The maximum absolute atomic E-state index is 13.2. The highest BCUT2D eigenvalue weighted by Gasteiger charge is 2.27. The molecule has 2 aromatic rings. The molecular weight excluding hydrogens is 300 g/mol. The zero-order valence-electron chi connectivity index (χ0n) is 14.7. The fourth-order valence-corrected chi connectivity index (χ4v) is 3.19. The second-order valence-corrected chi connectivity index (χ2v) is 6.69. The number of carbonyl (C=O) groups is 1. The van der Waals surface area contributed by atoms with Gasteiger partial charge in [-0.15, -0.1) is 0 Å². The Morgan fingerprint density at radius 3 is 2.58 bits per heavy atom. The van der Waals surface area contributed by atoms with E-state index < -0.39 is 0 Å². The third kappa shape index (κ3) is 3.07. The lowest BCUT2D eigenvalue weighted by Crippen LogP contribution is -2.35. The molecule has 24 heavy (non-hydrogen) atoms. The lowest BCUT2D eigenvalue weighted by atomic mass is 10.1. The van der Waals surface area contributed by atoms with E-state index in [9.17, 15) is 4.79 Å². The van der Waals surface area contributed by atoms with E-state index in [0.717, 1.165) is 23.7 Å². The molecule has 1 unspecified atom stereocenters. The highest BCUT2D eigenvalue weighted by molar-refractivity contribution is 6.08. The van der Waals surface area contributed by atoms with Gasteiger partial charge < -0.3 is 14.7 Å². The number of rotatable bonds is 2. The molecule has 2 heterocycles. The Labute approximate surface area is 143 Å². The zero-order valence-corrected chi connectivity index (χ0v) is 14.7. The molecule has 0 fully saturated rings. The van der Waals surface area contributed by atoms with Gasteiger partial charge in [-0.3, -0.25) is 4.79 Å². The monoisotopic (exact) mass is 324 g/mol. The molecule has 0 saturated heterocycles. The van der Waals surface area contributed by atoms with Crippen LogP contribution >= 0.6 is 0 Å². The first-order chi connectivity index (χ1) is 11.5. The van der Waals surface area contributed by atoms with Crippen molar-refractivity contribution in [3.8, 4) is 0 Å². The fraction of sp³-hybridized carbons (Fsp3) is 0.368. The van der Waals surface area contributed by atoms with Crippen molar-refractivity contribution < 1.29 is 4.79 Å². The molecular formula is C19H24N4O. The van der Waals surface area contributed by atoms with E-state index in [2.05, 4.69) is 29.9 Å². The number of hydrogen-bond acceptors (Lipinski definition) is 4. The molecule has 1 aromatic carbocycles. The van der Waals surface area contributed by atoms with Crippen LogP contribution in [0.2, 0.25) is 0 Å². The number of anilines is 3. The largest absolute Gasteiger partial charge is 0.373 e. The Kier molecular flexibility index (Phi) is 4.42. The van der Waals surface area contributed by atoms with Crippen molar-refractivity contribution in [2.24, 2.45) is 5.92 Å². The Morgan fingerprint density at radius 2 is 1.88 bits per heavy atom. The van der Waals surface area contributed by atoms with E-state index in [1.165, 1.54) is 0 Å². The van der Waals surface area contributed by atoms with Crippen LogP contribution in [-0.4, -0.2) is 45.1 Å². The average Bonchev–Trinajstić information content (AvgIpc) is 2.71. The molecule has 0 spiro atoms. The highest BCUT2D eigenvalue weighted by Crippen LogP contribution is 2.33. The number of amides is 1. The van der Waals surface area contributed by atoms with E-state index in [1.807, 2.05) is 48.2 Å². The predicted molar refractivity (Wildman–Crippen MR) is 99.1 cm³/mol. The second kappa shape index (κ2) is 6.51. The Bertz CT molecular complexity index is 744. The van der Waals surface area contributed by atoms with Gasteiger partial charge in [0.05, 0.1) is 11.4 Å². The minimum absolute atomic E-state index is 0.0232. The molecule has 3 rings (SSSR count). The van der Waals surface area contributed by atoms with Crippen molar-refractivity contribution in [3.05, 3.63) is 48.2 Å². The summed E-state index contributed by atoms with van der Waals surface area (Å²) in [7, 11) is 5.93. The summed E-state index contributed by atoms with van der Waals surface area (Å²) in [6.45, 7) is 3.82. The lowest BCUT2D eigenvalue weighted by Gasteiger charge is -2.25. The van der Waals surface area contributed by atoms with E-state index in [0.29, 0.717) is 18.0 Å². The van der Waals surface area contributed by atoms with Crippen molar-refractivity contribution in [1.82, 2.24) is 4.98 Å². The van der Waals surface area contributed by atoms with Crippen molar-refractivity contribution in [2.45, 2.75) is 6.92 Å². The van der Waals surface area contributed by atoms with Gasteiger partial charge in [-0.1, -0.05) is 19.1 Å². The van der Waals surface area contributed by atoms with Crippen molar-refractivity contribution >= 4 is 23.1 Å². The number of aromatic nitrogens is 1. The molecule has 1 atom stereocenters.